The molecule has 0 aromatic heterocycles. The summed E-state index contributed by atoms with van der Waals surface area (Å²) in [6.07, 6.45) is 0.880. The van der Waals surface area contributed by atoms with Gasteiger partial charge in [0, 0.05) is 24.0 Å². The van der Waals surface area contributed by atoms with E-state index in [0.717, 1.165) is 12.1 Å². The molecule has 1 aliphatic heterocycles. The van der Waals surface area contributed by atoms with E-state index in [1.165, 1.54) is 0 Å². The van der Waals surface area contributed by atoms with Crippen LogP contribution in [0, 0.1) is 0 Å². The highest BCUT2D eigenvalue weighted by Gasteiger charge is 2.19. The van der Waals surface area contributed by atoms with Crippen molar-refractivity contribution in [2.45, 2.75) is 26.3 Å². The van der Waals surface area contributed by atoms with E-state index in [1.807, 2.05) is 26.0 Å². The van der Waals surface area contributed by atoms with Crippen LogP contribution < -0.4 is 15.5 Å². The summed E-state index contributed by atoms with van der Waals surface area (Å²) in [6, 6.07) is 7.13. The van der Waals surface area contributed by atoms with E-state index in [-0.39, 0.29) is 24.6 Å². The first-order valence-corrected chi connectivity index (χ1v) is 7.16. The Bertz CT molecular complexity index is 501. The minimum atomic E-state index is -0.223. The molecule has 114 valence electrons. The lowest BCUT2D eigenvalue weighted by molar-refractivity contribution is -0.125. The van der Waals surface area contributed by atoms with Gasteiger partial charge < -0.3 is 20.3 Å². The zero-order chi connectivity index (χ0) is 15.2. The Morgan fingerprint density at radius 2 is 2.10 bits per heavy atom. The summed E-state index contributed by atoms with van der Waals surface area (Å²) in [5.74, 6) is -0.0449. The largest absolute Gasteiger partial charge is 0.370 e. The van der Waals surface area contributed by atoms with Crippen molar-refractivity contribution in [2.75, 3.05) is 30.0 Å². The number of carbonyl (C=O) groups excluding carboxylic acids is 2. The number of nitrogens with one attached hydrogen (secondary N) is 2. The first-order valence-electron chi connectivity index (χ1n) is 7.16. The molecule has 1 aliphatic rings. The number of amides is 3. The van der Waals surface area contributed by atoms with Crippen LogP contribution in [0.25, 0.3) is 0 Å². The SMILES string of the molecule is CCC(C)NC(=O)Nc1ccc(N2CCOCC2=O)cc1. The number of benzene rings is 1. The molecule has 2 rings (SSSR count). The Morgan fingerprint density at radius 3 is 2.71 bits per heavy atom. The summed E-state index contributed by atoms with van der Waals surface area (Å²) < 4.78 is 5.10. The topological polar surface area (TPSA) is 70.7 Å². The lowest BCUT2D eigenvalue weighted by Gasteiger charge is -2.26. The molecule has 0 bridgehead atoms. The lowest BCUT2D eigenvalue weighted by atomic mass is 10.2. The number of ether oxygens (including phenoxy) is 1. The average molecular weight is 291 g/mol. The Kier molecular flexibility index (Phi) is 5.16. The molecule has 21 heavy (non-hydrogen) atoms. The van der Waals surface area contributed by atoms with Gasteiger partial charge in [-0.25, -0.2) is 4.79 Å². The first kappa shape index (κ1) is 15.3. The van der Waals surface area contributed by atoms with E-state index in [9.17, 15) is 9.59 Å². The molecule has 0 spiro atoms. The summed E-state index contributed by atoms with van der Waals surface area (Å²) in [5, 5.41) is 5.60. The van der Waals surface area contributed by atoms with Crippen LogP contribution >= 0.6 is 0 Å². The number of anilines is 2. The third-order valence-electron chi connectivity index (χ3n) is 3.41. The lowest BCUT2D eigenvalue weighted by Crippen LogP contribution is -2.41. The van der Waals surface area contributed by atoms with E-state index in [0.29, 0.717) is 18.8 Å². The molecule has 1 heterocycles. The maximum atomic E-state index is 11.7. The zero-order valence-corrected chi connectivity index (χ0v) is 12.4. The molecule has 0 radical (unpaired) electrons. The van der Waals surface area contributed by atoms with Crippen molar-refractivity contribution in [2.24, 2.45) is 0 Å². The van der Waals surface area contributed by atoms with Crippen molar-refractivity contribution in [3.05, 3.63) is 24.3 Å². The summed E-state index contributed by atoms with van der Waals surface area (Å²) >= 11 is 0. The van der Waals surface area contributed by atoms with Gasteiger partial charge in [-0.15, -0.1) is 0 Å². The van der Waals surface area contributed by atoms with Gasteiger partial charge in [-0.3, -0.25) is 4.79 Å². The van der Waals surface area contributed by atoms with Crippen LogP contribution in [0.3, 0.4) is 0 Å². The smallest absolute Gasteiger partial charge is 0.319 e. The number of hydrogen-bond donors (Lipinski definition) is 2. The fourth-order valence-electron chi connectivity index (χ4n) is 2.01. The summed E-state index contributed by atoms with van der Waals surface area (Å²) in [4.78, 5) is 25.1. The maximum Gasteiger partial charge on any atom is 0.319 e. The molecular formula is C15H21N3O3. The molecule has 1 saturated heterocycles. The minimum absolute atomic E-state index is 0.0449. The number of urea groups is 1. The average Bonchev–Trinajstić information content (AvgIpc) is 2.48. The Labute approximate surface area is 124 Å². The fraction of sp³-hybridized carbons (Fsp3) is 0.467. The van der Waals surface area contributed by atoms with E-state index in [2.05, 4.69) is 10.6 Å². The minimum Gasteiger partial charge on any atom is -0.370 e. The zero-order valence-electron chi connectivity index (χ0n) is 12.4. The van der Waals surface area contributed by atoms with Gasteiger partial charge >= 0.3 is 6.03 Å². The van der Waals surface area contributed by atoms with Gasteiger partial charge in [0.05, 0.1) is 6.61 Å². The third kappa shape index (κ3) is 4.19. The summed E-state index contributed by atoms with van der Waals surface area (Å²) in [6.45, 7) is 5.19. The molecule has 1 aromatic rings. The molecule has 2 N–H and O–H groups in total. The van der Waals surface area contributed by atoms with Crippen LogP contribution in [0.5, 0.6) is 0 Å². The van der Waals surface area contributed by atoms with Crippen LogP contribution in [-0.4, -0.2) is 37.7 Å². The van der Waals surface area contributed by atoms with Gasteiger partial charge in [-0.1, -0.05) is 6.92 Å². The number of hydrogen-bond acceptors (Lipinski definition) is 3. The summed E-state index contributed by atoms with van der Waals surface area (Å²) in [7, 11) is 0. The molecule has 0 aliphatic carbocycles. The quantitative estimate of drug-likeness (QED) is 0.891. The van der Waals surface area contributed by atoms with Crippen LogP contribution in [-0.2, 0) is 9.53 Å². The number of rotatable bonds is 4. The predicted octanol–water partition coefficient (Wildman–Crippen LogP) is 1.97. The fourth-order valence-corrected chi connectivity index (χ4v) is 2.01. The maximum absolute atomic E-state index is 11.7. The van der Waals surface area contributed by atoms with E-state index in [4.69, 9.17) is 4.74 Å². The molecule has 0 saturated carbocycles. The van der Waals surface area contributed by atoms with Crippen molar-refractivity contribution >= 4 is 23.3 Å². The standard InChI is InChI=1S/C15H21N3O3/c1-3-11(2)16-15(20)17-12-4-6-13(7-5-12)18-8-9-21-10-14(18)19/h4-7,11H,3,8-10H2,1-2H3,(H2,16,17,20). The van der Waals surface area contributed by atoms with Crippen LogP contribution in [0.1, 0.15) is 20.3 Å². The van der Waals surface area contributed by atoms with Crippen molar-refractivity contribution in [1.82, 2.24) is 5.32 Å². The second kappa shape index (κ2) is 7.08. The number of nitrogens with zero attached hydrogens (tertiary/aromatic N) is 1. The number of morpholine rings is 1. The van der Waals surface area contributed by atoms with Crippen LogP contribution in [0.2, 0.25) is 0 Å². The van der Waals surface area contributed by atoms with E-state index < -0.39 is 0 Å². The molecule has 1 unspecified atom stereocenters. The van der Waals surface area contributed by atoms with Crippen LogP contribution in [0.15, 0.2) is 24.3 Å². The highest BCUT2D eigenvalue weighted by molar-refractivity contribution is 5.95. The molecule has 1 fully saturated rings. The van der Waals surface area contributed by atoms with Crippen molar-refractivity contribution in [1.29, 1.82) is 0 Å². The highest BCUT2D eigenvalue weighted by Crippen LogP contribution is 2.19. The molecule has 1 atom stereocenters. The monoisotopic (exact) mass is 291 g/mol. The predicted molar refractivity (Wildman–Crippen MR) is 81.5 cm³/mol. The van der Waals surface area contributed by atoms with Crippen molar-refractivity contribution < 1.29 is 14.3 Å². The van der Waals surface area contributed by atoms with Gasteiger partial charge in [-0.2, -0.15) is 0 Å². The third-order valence-corrected chi connectivity index (χ3v) is 3.41. The van der Waals surface area contributed by atoms with Gasteiger partial charge in [0.25, 0.3) is 5.91 Å². The molecule has 3 amide bonds. The van der Waals surface area contributed by atoms with Crippen molar-refractivity contribution in [3.8, 4) is 0 Å². The Balaban J connectivity index is 1.95. The van der Waals surface area contributed by atoms with Gasteiger partial charge in [0.2, 0.25) is 0 Å². The normalized spacial score (nSPS) is 16.5. The van der Waals surface area contributed by atoms with Crippen molar-refractivity contribution in [3.63, 3.8) is 0 Å². The second-order valence-corrected chi connectivity index (χ2v) is 5.05. The molecule has 6 nitrogen and oxygen atoms in total. The molecular weight excluding hydrogens is 270 g/mol. The first-order chi connectivity index (χ1) is 10.1. The number of carbonyl (C=O) groups is 2. The van der Waals surface area contributed by atoms with Gasteiger partial charge in [-0.05, 0) is 37.6 Å². The van der Waals surface area contributed by atoms with Gasteiger partial charge in [0.15, 0.2) is 0 Å². The second-order valence-electron chi connectivity index (χ2n) is 5.05. The highest BCUT2D eigenvalue weighted by atomic mass is 16.5. The van der Waals surface area contributed by atoms with E-state index in [1.54, 1.807) is 17.0 Å². The van der Waals surface area contributed by atoms with Gasteiger partial charge in [0.1, 0.15) is 6.61 Å². The molecule has 6 heteroatoms. The Morgan fingerprint density at radius 1 is 1.38 bits per heavy atom. The summed E-state index contributed by atoms with van der Waals surface area (Å²) in [5.41, 5.74) is 1.51. The molecule has 1 aromatic carbocycles. The van der Waals surface area contributed by atoms with E-state index >= 15 is 0 Å². The Hall–Kier alpha value is -2.08. The van der Waals surface area contributed by atoms with Crippen LogP contribution in [0.4, 0.5) is 16.2 Å².